The summed E-state index contributed by atoms with van der Waals surface area (Å²) in [6.07, 6.45) is 0. The maximum Gasteiger partial charge on any atom is 0.307 e. The number of aromatic nitrogens is 2. The fourth-order valence-corrected chi connectivity index (χ4v) is 7.24. The van der Waals surface area contributed by atoms with Gasteiger partial charge in [-0.3, -0.25) is 4.90 Å². The van der Waals surface area contributed by atoms with Gasteiger partial charge in [-0.15, -0.1) is 0 Å². The monoisotopic (exact) mass is 627 g/mol. The molecule has 49 heavy (non-hydrogen) atoms. The van der Waals surface area contributed by atoms with Crippen LogP contribution in [0.3, 0.4) is 0 Å². The van der Waals surface area contributed by atoms with Crippen LogP contribution < -0.4 is 4.90 Å². The van der Waals surface area contributed by atoms with Crippen molar-refractivity contribution in [2.45, 2.75) is 0 Å². The standard InChI is InChI=1S/C45H29N3O/c1-2-13-35(14-3-1)48-42-17-9-8-16-39(42)40-29-37(25-27-43(40)48)47(45-46-41-26-22-32-11-6-7-15-38(32)44(41)49-45)36-23-20-31(21-24-36)34-19-18-30-10-4-5-12-33(30)28-34/h1-29H. The van der Waals surface area contributed by atoms with Crippen LogP contribution in [0.2, 0.25) is 0 Å². The lowest BCUT2D eigenvalue weighted by atomic mass is 10.0. The number of hydrogen-bond acceptors (Lipinski definition) is 3. The first-order valence-corrected chi connectivity index (χ1v) is 16.5. The van der Waals surface area contributed by atoms with Crippen molar-refractivity contribution < 1.29 is 4.42 Å². The smallest absolute Gasteiger partial charge is 0.307 e. The van der Waals surface area contributed by atoms with Crippen molar-refractivity contribution in [1.29, 1.82) is 0 Å². The van der Waals surface area contributed by atoms with Crippen molar-refractivity contribution in [2.24, 2.45) is 0 Å². The highest BCUT2D eigenvalue weighted by molar-refractivity contribution is 6.11. The SMILES string of the molecule is c1ccc(-n2c3ccccc3c3cc(N(c4ccc(-c5ccc6ccccc6c5)cc4)c4nc5ccc6ccccc6c5o4)ccc32)cc1. The number of para-hydroxylation sites is 2. The number of fused-ring (bicyclic) bond motifs is 7. The van der Waals surface area contributed by atoms with Crippen LogP contribution >= 0.6 is 0 Å². The molecular weight excluding hydrogens is 599 g/mol. The van der Waals surface area contributed by atoms with Gasteiger partial charge in [0, 0.05) is 21.8 Å². The maximum atomic E-state index is 6.70. The third-order valence-electron chi connectivity index (χ3n) is 9.60. The first kappa shape index (κ1) is 27.5. The Morgan fingerprint density at radius 2 is 1.10 bits per heavy atom. The Morgan fingerprint density at radius 3 is 1.96 bits per heavy atom. The van der Waals surface area contributed by atoms with Gasteiger partial charge in [-0.2, -0.15) is 4.98 Å². The second-order valence-corrected chi connectivity index (χ2v) is 12.5. The molecule has 0 unspecified atom stereocenters. The quantitative estimate of drug-likeness (QED) is 0.190. The summed E-state index contributed by atoms with van der Waals surface area (Å²) in [7, 11) is 0. The number of nitrogens with zero attached hydrogens (tertiary/aromatic N) is 3. The molecule has 4 nitrogen and oxygen atoms in total. The van der Waals surface area contributed by atoms with Crippen LogP contribution in [-0.4, -0.2) is 9.55 Å². The van der Waals surface area contributed by atoms with Gasteiger partial charge < -0.3 is 8.98 Å². The Morgan fingerprint density at radius 1 is 0.449 bits per heavy atom. The molecule has 4 heteroatoms. The van der Waals surface area contributed by atoms with Crippen LogP contribution in [-0.2, 0) is 0 Å². The molecule has 0 fully saturated rings. The summed E-state index contributed by atoms with van der Waals surface area (Å²) in [5, 5.41) is 6.99. The Kier molecular flexibility index (Phi) is 6.15. The summed E-state index contributed by atoms with van der Waals surface area (Å²) >= 11 is 0. The molecule has 0 N–H and O–H groups in total. The summed E-state index contributed by atoms with van der Waals surface area (Å²) in [4.78, 5) is 7.21. The average Bonchev–Trinajstić information content (AvgIpc) is 3.75. The highest BCUT2D eigenvalue weighted by Crippen LogP contribution is 2.41. The lowest BCUT2D eigenvalue weighted by molar-refractivity contribution is 0.611. The number of benzene rings is 8. The lowest BCUT2D eigenvalue weighted by Gasteiger charge is -2.22. The molecule has 10 aromatic rings. The van der Waals surface area contributed by atoms with E-state index in [2.05, 4.69) is 173 Å². The Labute approximate surface area is 282 Å². The van der Waals surface area contributed by atoms with Crippen molar-refractivity contribution in [3.05, 3.63) is 176 Å². The van der Waals surface area contributed by atoms with Gasteiger partial charge in [0.2, 0.25) is 0 Å². The van der Waals surface area contributed by atoms with Crippen LogP contribution in [0.4, 0.5) is 17.4 Å². The fraction of sp³-hybridized carbons (Fsp3) is 0. The summed E-state index contributed by atoms with van der Waals surface area (Å²) in [6.45, 7) is 0. The van der Waals surface area contributed by atoms with Gasteiger partial charge in [0.05, 0.1) is 22.4 Å². The van der Waals surface area contributed by atoms with Crippen LogP contribution in [0.5, 0.6) is 0 Å². The van der Waals surface area contributed by atoms with E-state index in [0.29, 0.717) is 6.01 Å². The van der Waals surface area contributed by atoms with Crippen molar-refractivity contribution in [1.82, 2.24) is 9.55 Å². The third-order valence-corrected chi connectivity index (χ3v) is 9.60. The second-order valence-electron chi connectivity index (χ2n) is 12.5. The molecule has 0 atom stereocenters. The van der Waals surface area contributed by atoms with E-state index in [0.717, 1.165) is 55.4 Å². The summed E-state index contributed by atoms with van der Waals surface area (Å²) in [6, 6.07) is 62.6. The molecule has 0 saturated heterocycles. The molecule has 0 aliphatic rings. The predicted molar refractivity (Wildman–Crippen MR) is 203 cm³/mol. The molecule has 0 radical (unpaired) electrons. The first-order chi connectivity index (χ1) is 24.3. The fourth-order valence-electron chi connectivity index (χ4n) is 7.24. The zero-order valence-electron chi connectivity index (χ0n) is 26.5. The Balaban J connectivity index is 1.16. The van der Waals surface area contributed by atoms with E-state index >= 15 is 0 Å². The third kappa shape index (κ3) is 4.49. The normalized spacial score (nSPS) is 11.7. The van der Waals surface area contributed by atoms with E-state index in [1.54, 1.807) is 0 Å². The number of anilines is 3. The number of oxazole rings is 1. The highest BCUT2D eigenvalue weighted by atomic mass is 16.4. The van der Waals surface area contributed by atoms with Gasteiger partial charge in [0.25, 0.3) is 0 Å². The molecule has 2 heterocycles. The molecule has 0 saturated carbocycles. The summed E-state index contributed by atoms with van der Waals surface area (Å²) in [5.74, 6) is 0. The zero-order valence-corrected chi connectivity index (χ0v) is 26.5. The number of rotatable bonds is 5. The summed E-state index contributed by atoms with van der Waals surface area (Å²) in [5.41, 5.74) is 9.32. The van der Waals surface area contributed by atoms with E-state index in [4.69, 9.17) is 9.40 Å². The van der Waals surface area contributed by atoms with Gasteiger partial charge in [0.15, 0.2) is 5.58 Å². The van der Waals surface area contributed by atoms with Gasteiger partial charge >= 0.3 is 6.01 Å². The average molecular weight is 628 g/mol. The minimum atomic E-state index is 0.524. The molecular formula is C45H29N3O. The molecule has 10 rings (SSSR count). The van der Waals surface area contributed by atoms with Crippen molar-refractivity contribution in [3.63, 3.8) is 0 Å². The van der Waals surface area contributed by atoms with E-state index < -0.39 is 0 Å². The largest absolute Gasteiger partial charge is 0.422 e. The molecule has 0 aliphatic carbocycles. The van der Waals surface area contributed by atoms with Gasteiger partial charge in [-0.05, 0) is 87.9 Å². The molecule has 2 aromatic heterocycles. The van der Waals surface area contributed by atoms with E-state index in [1.165, 1.54) is 27.2 Å². The minimum Gasteiger partial charge on any atom is -0.422 e. The minimum absolute atomic E-state index is 0.524. The molecule has 0 aliphatic heterocycles. The molecule has 0 amide bonds. The predicted octanol–water partition coefficient (Wildman–Crippen LogP) is 12.4. The second kappa shape index (κ2) is 11.0. The van der Waals surface area contributed by atoms with Gasteiger partial charge in [-0.25, -0.2) is 0 Å². The van der Waals surface area contributed by atoms with Crippen LogP contribution in [0.25, 0.3) is 71.3 Å². The van der Waals surface area contributed by atoms with Crippen molar-refractivity contribution >= 4 is 71.8 Å². The first-order valence-electron chi connectivity index (χ1n) is 16.5. The number of hydrogen-bond donors (Lipinski definition) is 0. The van der Waals surface area contributed by atoms with Crippen LogP contribution in [0.15, 0.2) is 180 Å². The lowest BCUT2D eigenvalue weighted by Crippen LogP contribution is -2.10. The maximum absolute atomic E-state index is 6.70. The van der Waals surface area contributed by atoms with Crippen molar-refractivity contribution in [2.75, 3.05) is 4.90 Å². The van der Waals surface area contributed by atoms with Gasteiger partial charge in [0.1, 0.15) is 5.52 Å². The van der Waals surface area contributed by atoms with Gasteiger partial charge in [-0.1, -0.05) is 115 Å². The molecule has 0 bridgehead atoms. The summed E-state index contributed by atoms with van der Waals surface area (Å²) < 4.78 is 9.04. The molecule has 0 spiro atoms. The highest BCUT2D eigenvalue weighted by Gasteiger charge is 2.22. The van der Waals surface area contributed by atoms with Crippen molar-refractivity contribution in [3.8, 4) is 16.8 Å². The van der Waals surface area contributed by atoms with E-state index in [9.17, 15) is 0 Å². The Hall–Kier alpha value is -6.65. The van der Waals surface area contributed by atoms with E-state index in [1.807, 2.05) is 12.1 Å². The van der Waals surface area contributed by atoms with E-state index in [-0.39, 0.29) is 0 Å². The van der Waals surface area contributed by atoms with Crippen LogP contribution in [0, 0.1) is 0 Å². The zero-order chi connectivity index (χ0) is 32.3. The molecule has 8 aromatic carbocycles. The Bertz CT molecular complexity index is 2830. The topological polar surface area (TPSA) is 34.2 Å². The molecule has 230 valence electrons. The van der Waals surface area contributed by atoms with Crippen LogP contribution in [0.1, 0.15) is 0 Å².